The lowest BCUT2D eigenvalue weighted by molar-refractivity contribution is -0.107. The van der Waals surface area contributed by atoms with Crippen molar-refractivity contribution in [1.29, 1.82) is 0 Å². The van der Waals surface area contributed by atoms with Crippen LogP contribution in [0.25, 0.3) is 0 Å². The molecule has 0 aromatic heterocycles. The molecule has 0 heterocycles. The summed E-state index contributed by atoms with van der Waals surface area (Å²) in [6, 6.07) is 5.18. The monoisotopic (exact) mass is 206 g/mol. The predicted molar refractivity (Wildman–Crippen MR) is 57.4 cm³/mol. The highest BCUT2D eigenvalue weighted by atomic mass is 16.5. The Hall–Kier alpha value is -1.64. The summed E-state index contributed by atoms with van der Waals surface area (Å²) >= 11 is 0. The topological polar surface area (TPSA) is 43.4 Å². The summed E-state index contributed by atoms with van der Waals surface area (Å²) in [6.07, 6.45) is 1.48. The zero-order valence-electron chi connectivity index (χ0n) is 8.95. The van der Waals surface area contributed by atoms with E-state index in [1.54, 1.807) is 32.2 Å². The van der Waals surface area contributed by atoms with Crippen LogP contribution in [0.15, 0.2) is 18.2 Å². The third kappa shape index (κ3) is 2.65. The van der Waals surface area contributed by atoms with Crippen molar-refractivity contribution in [2.75, 3.05) is 7.11 Å². The third-order valence-corrected chi connectivity index (χ3v) is 2.24. The fourth-order valence-electron chi connectivity index (χ4n) is 1.42. The van der Waals surface area contributed by atoms with Crippen LogP contribution in [0, 0.1) is 0 Å². The summed E-state index contributed by atoms with van der Waals surface area (Å²) < 4.78 is 5.04. The molecule has 15 heavy (non-hydrogen) atoms. The molecule has 80 valence electrons. The number of hydrogen-bond acceptors (Lipinski definition) is 3. The predicted octanol–water partition coefficient (Wildman–Crippen LogP) is 2.03. The Morgan fingerprint density at radius 3 is 2.73 bits per heavy atom. The van der Waals surface area contributed by atoms with Crippen molar-refractivity contribution in [2.24, 2.45) is 0 Å². The van der Waals surface area contributed by atoms with Crippen LogP contribution in [0.3, 0.4) is 0 Å². The summed E-state index contributed by atoms with van der Waals surface area (Å²) in [7, 11) is 1.56. The highest BCUT2D eigenvalue weighted by molar-refractivity contribution is 5.98. The van der Waals surface area contributed by atoms with E-state index in [1.807, 2.05) is 0 Å². The highest BCUT2D eigenvalue weighted by Gasteiger charge is 2.10. The number of ketones is 1. The van der Waals surface area contributed by atoms with Gasteiger partial charge in [0, 0.05) is 18.4 Å². The molecular weight excluding hydrogens is 192 g/mol. The Bertz CT molecular complexity index is 369. The lowest BCUT2D eigenvalue weighted by Gasteiger charge is -2.07. The maximum atomic E-state index is 11.6. The van der Waals surface area contributed by atoms with Gasteiger partial charge in [0.05, 0.1) is 7.11 Å². The number of carbonyl (C=O) groups excluding carboxylic acids is 2. The van der Waals surface area contributed by atoms with Crippen molar-refractivity contribution in [1.82, 2.24) is 0 Å². The van der Waals surface area contributed by atoms with E-state index in [0.29, 0.717) is 17.7 Å². The van der Waals surface area contributed by atoms with Crippen LogP contribution >= 0.6 is 0 Å². The largest absolute Gasteiger partial charge is 0.497 e. The van der Waals surface area contributed by atoms with Crippen LogP contribution in [0.2, 0.25) is 0 Å². The molecule has 0 aliphatic carbocycles. The molecule has 0 saturated carbocycles. The van der Waals surface area contributed by atoms with Crippen LogP contribution in [-0.2, 0) is 11.2 Å². The summed E-state index contributed by atoms with van der Waals surface area (Å²) in [4.78, 5) is 22.0. The molecule has 1 aromatic carbocycles. The van der Waals surface area contributed by atoms with E-state index in [1.165, 1.54) is 0 Å². The summed E-state index contributed by atoms with van der Waals surface area (Å²) in [6.45, 7) is 1.80. The summed E-state index contributed by atoms with van der Waals surface area (Å²) in [5, 5.41) is 0. The minimum Gasteiger partial charge on any atom is -0.497 e. The molecule has 0 unspecified atom stereocenters. The molecule has 0 N–H and O–H groups in total. The smallest absolute Gasteiger partial charge is 0.162 e. The van der Waals surface area contributed by atoms with Crippen molar-refractivity contribution in [3.05, 3.63) is 29.3 Å². The fraction of sp³-hybridized carbons (Fsp3) is 0.333. The SMILES string of the molecule is CCC(=O)c1ccc(OC)cc1CC=O. The van der Waals surface area contributed by atoms with Crippen LogP contribution in [0.5, 0.6) is 5.75 Å². The first kappa shape index (κ1) is 11.4. The van der Waals surface area contributed by atoms with Gasteiger partial charge in [-0.05, 0) is 23.8 Å². The first-order valence-corrected chi connectivity index (χ1v) is 4.86. The van der Waals surface area contributed by atoms with Gasteiger partial charge in [0.25, 0.3) is 0 Å². The Labute approximate surface area is 89.1 Å². The number of methoxy groups -OCH3 is 1. The minimum absolute atomic E-state index is 0.0505. The van der Waals surface area contributed by atoms with E-state index in [2.05, 4.69) is 0 Å². The number of rotatable bonds is 5. The third-order valence-electron chi connectivity index (χ3n) is 2.24. The molecule has 1 rings (SSSR count). The summed E-state index contributed by atoms with van der Waals surface area (Å²) in [5.74, 6) is 0.717. The number of carbonyl (C=O) groups is 2. The average Bonchev–Trinajstić information content (AvgIpc) is 2.28. The van der Waals surface area contributed by atoms with Gasteiger partial charge in [0.2, 0.25) is 0 Å². The van der Waals surface area contributed by atoms with Crippen molar-refractivity contribution in [2.45, 2.75) is 19.8 Å². The van der Waals surface area contributed by atoms with Crippen LogP contribution < -0.4 is 4.74 Å². The van der Waals surface area contributed by atoms with Gasteiger partial charge in [0.15, 0.2) is 5.78 Å². The molecular formula is C12H14O3. The fourth-order valence-corrected chi connectivity index (χ4v) is 1.42. The van der Waals surface area contributed by atoms with Gasteiger partial charge in [0.1, 0.15) is 12.0 Å². The van der Waals surface area contributed by atoms with Crippen molar-refractivity contribution >= 4 is 12.1 Å². The molecule has 0 radical (unpaired) electrons. The quantitative estimate of drug-likeness (QED) is 0.547. The normalized spacial score (nSPS) is 9.73. The number of ether oxygens (including phenoxy) is 1. The maximum Gasteiger partial charge on any atom is 0.162 e. The van der Waals surface area contributed by atoms with Crippen molar-refractivity contribution in [3.8, 4) is 5.75 Å². The van der Waals surface area contributed by atoms with Gasteiger partial charge in [-0.3, -0.25) is 4.79 Å². The first-order valence-electron chi connectivity index (χ1n) is 4.86. The van der Waals surface area contributed by atoms with E-state index in [4.69, 9.17) is 4.74 Å². The van der Waals surface area contributed by atoms with E-state index in [-0.39, 0.29) is 12.2 Å². The number of Topliss-reactive ketones (excluding diaryl/α,β-unsaturated/α-hetero) is 1. The van der Waals surface area contributed by atoms with E-state index in [9.17, 15) is 9.59 Å². The van der Waals surface area contributed by atoms with Crippen molar-refractivity contribution < 1.29 is 14.3 Å². The standard InChI is InChI=1S/C12H14O3/c1-3-12(14)11-5-4-10(15-2)8-9(11)6-7-13/h4-5,7-8H,3,6H2,1-2H3. The number of hydrogen-bond donors (Lipinski definition) is 0. The van der Waals surface area contributed by atoms with Crippen LogP contribution in [-0.4, -0.2) is 19.2 Å². The Balaban J connectivity index is 3.13. The molecule has 0 spiro atoms. The maximum absolute atomic E-state index is 11.6. The second-order valence-electron chi connectivity index (χ2n) is 3.17. The molecule has 0 atom stereocenters. The average molecular weight is 206 g/mol. The van der Waals surface area contributed by atoms with Crippen molar-refractivity contribution in [3.63, 3.8) is 0 Å². The van der Waals surface area contributed by atoms with Gasteiger partial charge >= 0.3 is 0 Å². The van der Waals surface area contributed by atoms with E-state index >= 15 is 0 Å². The Morgan fingerprint density at radius 2 is 2.20 bits per heavy atom. The molecule has 3 nitrogen and oxygen atoms in total. The number of benzene rings is 1. The van der Waals surface area contributed by atoms with Gasteiger partial charge in [-0.2, -0.15) is 0 Å². The second-order valence-corrected chi connectivity index (χ2v) is 3.17. The van der Waals surface area contributed by atoms with Gasteiger partial charge < -0.3 is 9.53 Å². The minimum atomic E-state index is 0.0505. The molecule has 0 aliphatic rings. The van der Waals surface area contributed by atoms with Crippen LogP contribution in [0.4, 0.5) is 0 Å². The molecule has 3 heteroatoms. The molecule has 0 amide bonds. The molecule has 0 saturated heterocycles. The number of aldehydes is 1. The van der Waals surface area contributed by atoms with Gasteiger partial charge in [-0.25, -0.2) is 0 Å². The van der Waals surface area contributed by atoms with Gasteiger partial charge in [-0.1, -0.05) is 6.92 Å². The van der Waals surface area contributed by atoms with E-state index in [0.717, 1.165) is 11.8 Å². The molecule has 0 aliphatic heterocycles. The molecule has 0 fully saturated rings. The highest BCUT2D eigenvalue weighted by Crippen LogP contribution is 2.19. The Morgan fingerprint density at radius 1 is 1.47 bits per heavy atom. The van der Waals surface area contributed by atoms with E-state index < -0.39 is 0 Å². The lowest BCUT2D eigenvalue weighted by atomic mass is 10.00. The van der Waals surface area contributed by atoms with Gasteiger partial charge in [-0.15, -0.1) is 0 Å². The second kappa shape index (κ2) is 5.29. The molecule has 1 aromatic rings. The zero-order chi connectivity index (χ0) is 11.3. The van der Waals surface area contributed by atoms with Crippen LogP contribution in [0.1, 0.15) is 29.3 Å². The first-order chi connectivity index (χ1) is 7.22. The molecule has 0 bridgehead atoms. The summed E-state index contributed by atoms with van der Waals surface area (Å²) in [5.41, 5.74) is 1.35. The lowest BCUT2D eigenvalue weighted by Crippen LogP contribution is -2.03. The zero-order valence-corrected chi connectivity index (χ0v) is 8.95. The Kier molecular flexibility index (Phi) is 4.03.